The predicted octanol–water partition coefficient (Wildman–Crippen LogP) is 3.28. The van der Waals surface area contributed by atoms with Crippen LogP contribution >= 0.6 is 0 Å². The van der Waals surface area contributed by atoms with Gasteiger partial charge in [0.1, 0.15) is 0 Å². The van der Waals surface area contributed by atoms with Crippen LogP contribution in [0.2, 0.25) is 0 Å². The summed E-state index contributed by atoms with van der Waals surface area (Å²) in [6, 6.07) is 8.83. The Morgan fingerprint density at radius 2 is 1.75 bits per heavy atom. The molecule has 0 atom stereocenters. The van der Waals surface area contributed by atoms with Crippen LogP contribution in [0.15, 0.2) is 24.3 Å². The Morgan fingerprint density at radius 3 is 2.25 bits per heavy atom. The van der Waals surface area contributed by atoms with E-state index in [1.54, 1.807) is 0 Å². The topological polar surface area (TPSA) is 29.3 Å². The summed E-state index contributed by atoms with van der Waals surface area (Å²) in [6.07, 6.45) is 2.41. The van der Waals surface area contributed by atoms with Gasteiger partial charge in [0.15, 0.2) is 0 Å². The molecular weight excluding hydrogens is 196 g/mol. The van der Waals surface area contributed by atoms with Crippen molar-refractivity contribution in [2.75, 3.05) is 12.3 Å². The third kappa shape index (κ3) is 3.24. The lowest BCUT2D eigenvalue weighted by atomic mass is 10.1. The zero-order valence-corrected chi connectivity index (χ0v) is 10.7. The highest BCUT2D eigenvalue weighted by molar-refractivity contribution is 5.46. The Morgan fingerprint density at radius 1 is 1.12 bits per heavy atom. The molecule has 0 radical (unpaired) electrons. The summed E-state index contributed by atoms with van der Waals surface area (Å²) in [5.41, 5.74) is 8.14. The van der Waals surface area contributed by atoms with Gasteiger partial charge in [0.25, 0.3) is 0 Å². The fraction of sp³-hybridized carbons (Fsp3) is 0.571. The van der Waals surface area contributed by atoms with Gasteiger partial charge >= 0.3 is 0 Å². The molecule has 90 valence electrons. The van der Waals surface area contributed by atoms with E-state index in [0.29, 0.717) is 6.04 Å². The molecule has 0 saturated carbocycles. The average Bonchev–Trinajstić information content (AvgIpc) is 2.31. The van der Waals surface area contributed by atoms with Crippen LogP contribution in [-0.2, 0) is 6.54 Å². The molecule has 0 saturated heterocycles. The Hall–Kier alpha value is -1.02. The standard InChI is InChI=1S/C14H24N2/c1-4-13(5-2)16(6-3)11-12-9-7-8-10-14(12)15/h7-10,13H,4-6,11,15H2,1-3H3. The summed E-state index contributed by atoms with van der Waals surface area (Å²) >= 11 is 0. The third-order valence-corrected chi connectivity index (χ3v) is 3.29. The minimum absolute atomic E-state index is 0.671. The highest BCUT2D eigenvalue weighted by Gasteiger charge is 2.14. The molecule has 0 fully saturated rings. The lowest BCUT2D eigenvalue weighted by molar-refractivity contribution is 0.187. The molecule has 1 aromatic rings. The second-order valence-electron chi connectivity index (χ2n) is 4.23. The summed E-state index contributed by atoms with van der Waals surface area (Å²) in [5, 5.41) is 0. The molecule has 0 bridgehead atoms. The van der Waals surface area contributed by atoms with Crippen molar-refractivity contribution in [3.05, 3.63) is 29.8 Å². The summed E-state index contributed by atoms with van der Waals surface area (Å²) in [6.45, 7) is 8.78. The van der Waals surface area contributed by atoms with E-state index in [2.05, 4.69) is 37.8 Å². The molecule has 2 nitrogen and oxygen atoms in total. The molecule has 0 aliphatic rings. The SMILES string of the molecule is CCC(CC)N(CC)Cc1ccccc1N. The van der Waals surface area contributed by atoms with E-state index in [1.165, 1.54) is 18.4 Å². The van der Waals surface area contributed by atoms with Gasteiger partial charge in [-0.15, -0.1) is 0 Å². The minimum atomic E-state index is 0.671. The third-order valence-electron chi connectivity index (χ3n) is 3.29. The molecule has 0 unspecified atom stereocenters. The van der Waals surface area contributed by atoms with Crippen molar-refractivity contribution in [3.63, 3.8) is 0 Å². The normalized spacial score (nSPS) is 11.3. The first-order chi connectivity index (χ1) is 7.72. The molecule has 2 N–H and O–H groups in total. The first-order valence-electron chi connectivity index (χ1n) is 6.30. The first kappa shape index (κ1) is 13.0. The summed E-state index contributed by atoms with van der Waals surface area (Å²) in [5.74, 6) is 0. The smallest absolute Gasteiger partial charge is 0.0359 e. The van der Waals surface area contributed by atoms with Crippen molar-refractivity contribution in [3.8, 4) is 0 Å². The number of rotatable bonds is 6. The molecular formula is C14H24N2. The number of benzene rings is 1. The van der Waals surface area contributed by atoms with Crippen LogP contribution in [0.1, 0.15) is 39.2 Å². The highest BCUT2D eigenvalue weighted by atomic mass is 15.1. The van der Waals surface area contributed by atoms with Gasteiger partial charge in [0.05, 0.1) is 0 Å². The largest absolute Gasteiger partial charge is 0.398 e. The Balaban J connectivity index is 2.73. The summed E-state index contributed by atoms with van der Waals surface area (Å²) in [4.78, 5) is 2.51. The number of anilines is 1. The maximum absolute atomic E-state index is 5.98. The average molecular weight is 220 g/mol. The maximum atomic E-state index is 5.98. The molecule has 2 heteroatoms. The van der Waals surface area contributed by atoms with Crippen molar-refractivity contribution in [2.24, 2.45) is 0 Å². The van der Waals surface area contributed by atoms with Gasteiger partial charge in [-0.25, -0.2) is 0 Å². The van der Waals surface area contributed by atoms with E-state index in [4.69, 9.17) is 5.73 Å². The van der Waals surface area contributed by atoms with E-state index < -0.39 is 0 Å². The monoisotopic (exact) mass is 220 g/mol. The molecule has 0 aliphatic carbocycles. The van der Waals surface area contributed by atoms with Gasteiger partial charge in [0, 0.05) is 18.3 Å². The van der Waals surface area contributed by atoms with E-state index in [1.807, 2.05) is 12.1 Å². The quantitative estimate of drug-likeness (QED) is 0.745. The second-order valence-corrected chi connectivity index (χ2v) is 4.23. The fourth-order valence-electron chi connectivity index (χ4n) is 2.20. The number of hydrogen-bond donors (Lipinski definition) is 1. The molecule has 1 rings (SSSR count). The van der Waals surface area contributed by atoms with Crippen LogP contribution in [0.4, 0.5) is 5.69 Å². The molecule has 0 aliphatic heterocycles. The van der Waals surface area contributed by atoms with Crippen molar-refractivity contribution >= 4 is 5.69 Å². The minimum Gasteiger partial charge on any atom is -0.398 e. The van der Waals surface area contributed by atoms with Crippen molar-refractivity contribution in [2.45, 2.75) is 46.2 Å². The van der Waals surface area contributed by atoms with E-state index >= 15 is 0 Å². The maximum Gasteiger partial charge on any atom is 0.0359 e. The highest BCUT2D eigenvalue weighted by Crippen LogP contribution is 2.17. The predicted molar refractivity (Wildman–Crippen MR) is 71.3 cm³/mol. The number of nitrogens with zero attached hydrogens (tertiary/aromatic N) is 1. The molecule has 0 amide bonds. The van der Waals surface area contributed by atoms with E-state index in [9.17, 15) is 0 Å². The molecule has 0 spiro atoms. The Kier molecular flexibility index (Phi) is 5.33. The van der Waals surface area contributed by atoms with Crippen LogP contribution in [0.25, 0.3) is 0 Å². The summed E-state index contributed by atoms with van der Waals surface area (Å²) < 4.78 is 0. The number of para-hydroxylation sites is 1. The first-order valence-corrected chi connectivity index (χ1v) is 6.30. The zero-order chi connectivity index (χ0) is 12.0. The molecule has 1 aromatic carbocycles. The Labute approximate surface area is 99.5 Å². The molecule has 0 heterocycles. The summed E-state index contributed by atoms with van der Waals surface area (Å²) in [7, 11) is 0. The number of nitrogen functional groups attached to an aromatic ring is 1. The van der Waals surface area contributed by atoms with Gasteiger partial charge in [-0.05, 0) is 31.0 Å². The van der Waals surface area contributed by atoms with Gasteiger partial charge < -0.3 is 5.73 Å². The number of nitrogens with two attached hydrogens (primary N) is 1. The van der Waals surface area contributed by atoms with Gasteiger partial charge in [-0.2, -0.15) is 0 Å². The van der Waals surface area contributed by atoms with Gasteiger partial charge in [-0.3, -0.25) is 4.90 Å². The number of hydrogen-bond acceptors (Lipinski definition) is 2. The van der Waals surface area contributed by atoms with E-state index in [0.717, 1.165) is 18.8 Å². The Bertz CT molecular complexity index is 305. The fourth-order valence-corrected chi connectivity index (χ4v) is 2.20. The lowest BCUT2D eigenvalue weighted by Crippen LogP contribution is -2.33. The van der Waals surface area contributed by atoms with Crippen molar-refractivity contribution in [1.29, 1.82) is 0 Å². The molecule has 16 heavy (non-hydrogen) atoms. The second kappa shape index (κ2) is 6.54. The van der Waals surface area contributed by atoms with Crippen LogP contribution in [0.3, 0.4) is 0 Å². The zero-order valence-electron chi connectivity index (χ0n) is 10.7. The van der Waals surface area contributed by atoms with Crippen LogP contribution in [0, 0.1) is 0 Å². The van der Waals surface area contributed by atoms with Crippen molar-refractivity contribution in [1.82, 2.24) is 4.90 Å². The van der Waals surface area contributed by atoms with Gasteiger partial charge in [-0.1, -0.05) is 39.0 Å². The molecule has 0 aromatic heterocycles. The van der Waals surface area contributed by atoms with E-state index in [-0.39, 0.29) is 0 Å². The van der Waals surface area contributed by atoms with Crippen LogP contribution in [0.5, 0.6) is 0 Å². The van der Waals surface area contributed by atoms with Crippen LogP contribution < -0.4 is 5.73 Å². The van der Waals surface area contributed by atoms with Crippen LogP contribution in [-0.4, -0.2) is 17.5 Å². The lowest BCUT2D eigenvalue weighted by Gasteiger charge is -2.29. The van der Waals surface area contributed by atoms with Gasteiger partial charge in [0.2, 0.25) is 0 Å². The van der Waals surface area contributed by atoms with Crippen molar-refractivity contribution < 1.29 is 0 Å².